The predicted octanol–water partition coefficient (Wildman–Crippen LogP) is 2.50. The Kier molecular flexibility index (Phi) is 5.44. The van der Waals surface area contributed by atoms with E-state index in [2.05, 4.69) is 34.5 Å². The van der Waals surface area contributed by atoms with Crippen LogP contribution < -0.4 is 19.7 Å². The number of ether oxygens (including phenoxy) is 3. The van der Waals surface area contributed by atoms with Crippen LogP contribution in [0.1, 0.15) is 17.5 Å². The molecule has 0 unspecified atom stereocenters. The number of benzene rings is 2. The highest BCUT2D eigenvalue weighted by atomic mass is 16.7. The molecule has 1 fully saturated rings. The first-order valence-electron chi connectivity index (χ1n) is 9.35. The molecular formula is C21H24N2O4. The summed E-state index contributed by atoms with van der Waals surface area (Å²) in [5.74, 6) is 1.57. The molecule has 0 radical (unpaired) electrons. The molecule has 2 aromatic carbocycles. The number of amides is 1. The maximum Gasteiger partial charge on any atom is 0.231 e. The summed E-state index contributed by atoms with van der Waals surface area (Å²) >= 11 is 0. The summed E-state index contributed by atoms with van der Waals surface area (Å²) in [5.41, 5.74) is 3.38. The number of hydrogen-bond donors (Lipinski definition) is 1. The molecule has 0 aliphatic carbocycles. The summed E-state index contributed by atoms with van der Waals surface area (Å²) in [5, 5.41) is 2.99. The van der Waals surface area contributed by atoms with Crippen LogP contribution in [0.4, 0.5) is 5.69 Å². The summed E-state index contributed by atoms with van der Waals surface area (Å²) in [6, 6.07) is 14.2. The van der Waals surface area contributed by atoms with Gasteiger partial charge in [0.25, 0.3) is 0 Å². The van der Waals surface area contributed by atoms with Gasteiger partial charge in [0.05, 0.1) is 13.2 Å². The van der Waals surface area contributed by atoms with Gasteiger partial charge in [-0.15, -0.1) is 0 Å². The van der Waals surface area contributed by atoms with Crippen LogP contribution in [0.3, 0.4) is 0 Å². The van der Waals surface area contributed by atoms with Gasteiger partial charge < -0.3 is 24.4 Å². The minimum atomic E-state index is 0.0462. The maximum absolute atomic E-state index is 12.1. The van der Waals surface area contributed by atoms with Crippen molar-refractivity contribution in [2.24, 2.45) is 0 Å². The first-order valence-corrected chi connectivity index (χ1v) is 9.35. The van der Waals surface area contributed by atoms with E-state index in [0.29, 0.717) is 19.4 Å². The van der Waals surface area contributed by atoms with E-state index in [1.165, 1.54) is 5.69 Å². The molecule has 4 rings (SSSR count). The molecule has 6 nitrogen and oxygen atoms in total. The van der Waals surface area contributed by atoms with Gasteiger partial charge in [-0.05, 0) is 41.8 Å². The van der Waals surface area contributed by atoms with Crippen molar-refractivity contribution < 1.29 is 19.0 Å². The normalized spacial score (nSPS) is 15.6. The van der Waals surface area contributed by atoms with Crippen LogP contribution >= 0.6 is 0 Å². The third kappa shape index (κ3) is 4.52. The molecule has 1 amide bonds. The van der Waals surface area contributed by atoms with E-state index in [1.807, 2.05) is 18.2 Å². The van der Waals surface area contributed by atoms with Gasteiger partial charge in [0.2, 0.25) is 12.7 Å². The summed E-state index contributed by atoms with van der Waals surface area (Å²) in [6.45, 7) is 4.22. The number of nitrogens with zero attached hydrogens (tertiary/aromatic N) is 1. The maximum atomic E-state index is 12.1. The summed E-state index contributed by atoms with van der Waals surface area (Å²) in [6.07, 6.45) is 1.13. The zero-order valence-electron chi connectivity index (χ0n) is 15.3. The third-order valence-electron chi connectivity index (χ3n) is 4.88. The van der Waals surface area contributed by atoms with E-state index in [1.54, 1.807) is 0 Å². The lowest BCUT2D eigenvalue weighted by atomic mass is 10.1. The van der Waals surface area contributed by atoms with Crippen LogP contribution in [0.25, 0.3) is 0 Å². The zero-order chi connectivity index (χ0) is 18.5. The van der Waals surface area contributed by atoms with Crippen molar-refractivity contribution >= 4 is 11.6 Å². The van der Waals surface area contributed by atoms with Crippen LogP contribution in [0, 0.1) is 0 Å². The SMILES string of the molecule is O=C(CCc1ccc2c(c1)OCO2)NCc1ccc(N2CCOCC2)cc1. The zero-order valence-corrected chi connectivity index (χ0v) is 15.3. The molecule has 0 bridgehead atoms. The fourth-order valence-electron chi connectivity index (χ4n) is 3.29. The summed E-state index contributed by atoms with van der Waals surface area (Å²) < 4.78 is 16.1. The molecule has 0 saturated carbocycles. The van der Waals surface area contributed by atoms with Crippen LogP contribution in [0.15, 0.2) is 42.5 Å². The molecule has 1 saturated heterocycles. The van der Waals surface area contributed by atoms with Gasteiger partial charge in [-0.25, -0.2) is 0 Å². The number of aryl methyl sites for hydroxylation is 1. The van der Waals surface area contributed by atoms with Crippen molar-refractivity contribution in [2.45, 2.75) is 19.4 Å². The number of morpholine rings is 1. The van der Waals surface area contributed by atoms with Gasteiger partial charge in [-0.2, -0.15) is 0 Å². The van der Waals surface area contributed by atoms with Crippen molar-refractivity contribution in [3.8, 4) is 11.5 Å². The Bertz CT molecular complexity index is 785. The highest BCUT2D eigenvalue weighted by Gasteiger charge is 2.14. The lowest BCUT2D eigenvalue weighted by molar-refractivity contribution is -0.121. The number of hydrogen-bond acceptors (Lipinski definition) is 5. The van der Waals surface area contributed by atoms with Crippen LogP contribution in [-0.2, 0) is 22.5 Å². The highest BCUT2D eigenvalue weighted by Crippen LogP contribution is 2.32. The quantitative estimate of drug-likeness (QED) is 0.849. The Labute approximate surface area is 159 Å². The highest BCUT2D eigenvalue weighted by molar-refractivity contribution is 5.76. The van der Waals surface area contributed by atoms with Gasteiger partial charge in [0.15, 0.2) is 11.5 Å². The number of carbonyl (C=O) groups is 1. The lowest BCUT2D eigenvalue weighted by Gasteiger charge is -2.28. The minimum Gasteiger partial charge on any atom is -0.454 e. The largest absolute Gasteiger partial charge is 0.454 e. The molecule has 1 N–H and O–H groups in total. The van der Waals surface area contributed by atoms with Crippen LogP contribution in [-0.4, -0.2) is 39.0 Å². The van der Waals surface area contributed by atoms with E-state index in [4.69, 9.17) is 14.2 Å². The van der Waals surface area contributed by atoms with Gasteiger partial charge in [0.1, 0.15) is 0 Å². The van der Waals surface area contributed by atoms with Crippen molar-refractivity contribution in [1.82, 2.24) is 5.32 Å². The molecule has 6 heteroatoms. The van der Waals surface area contributed by atoms with E-state index in [-0.39, 0.29) is 12.7 Å². The molecule has 0 aromatic heterocycles. The van der Waals surface area contributed by atoms with Crippen LogP contribution in [0.2, 0.25) is 0 Å². The Morgan fingerprint density at radius 3 is 2.52 bits per heavy atom. The predicted molar refractivity (Wildman–Crippen MR) is 102 cm³/mol. The number of anilines is 1. The fourth-order valence-corrected chi connectivity index (χ4v) is 3.29. The van der Waals surface area contributed by atoms with E-state index >= 15 is 0 Å². The number of rotatable bonds is 6. The Balaban J connectivity index is 1.23. The second-order valence-corrected chi connectivity index (χ2v) is 6.73. The van der Waals surface area contributed by atoms with Gasteiger partial charge in [0, 0.05) is 31.7 Å². The summed E-state index contributed by atoms with van der Waals surface area (Å²) in [7, 11) is 0. The Hall–Kier alpha value is -2.73. The molecule has 2 aromatic rings. The average Bonchev–Trinajstić information content (AvgIpc) is 3.19. The smallest absolute Gasteiger partial charge is 0.231 e. The molecule has 2 aliphatic heterocycles. The number of fused-ring (bicyclic) bond motifs is 1. The standard InChI is InChI=1S/C21H24N2O4/c24-21(8-4-16-3-7-19-20(13-16)27-15-26-19)22-14-17-1-5-18(6-2-17)23-9-11-25-12-10-23/h1-3,5-7,13H,4,8-12,14-15H2,(H,22,24). The molecule has 0 spiro atoms. The van der Waals surface area contributed by atoms with Crippen molar-refractivity contribution in [3.05, 3.63) is 53.6 Å². The van der Waals surface area contributed by atoms with E-state index in [9.17, 15) is 4.79 Å². The topological polar surface area (TPSA) is 60.0 Å². The Morgan fingerprint density at radius 1 is 0.963 bits per heavy atom. The molecule has 27 heavy (non-hydrogen) atoms. The first-order chi connectivity index (χ1) is 13.3. The summed E-state index contributed by atoms with van der Waals surface area (Å²) in [4.78, 5) is 14.5. The lowest BCUT2D eigenvalue weighted by Crippen LogP contribution is -2.36. The van der Waals surface area contributed by atoms with Crippen molar-refractivity contribution in [1.29, 1.82) is 0 Å². The molecule has 2 heterocycles. The third-order valence-corrected chi connectivity index (χ3v) is 4.88. The van der Waals surface area contributed by atoms with Crippen molar-refractivity contribution in [2.75, 3.05) is 38.0 Å². The van der Waals surface area contributed by atoms with Gasteiger partial charge in [-0.1, -0.05) is 18.2 Å². The molecular weight excluding hydrogens is 344 g/mol. The second kappa shape index (κ2) is 8.31. The molecule has 142 valence electrons. The molecule has 2 aliphatic rings. The second-order valence-electron chi connectivity index (χ2n) is 6.73. The first kappa shape index (κ1) is 17.7. The number of nitrogens with one attached hydrogen (secondary N) is 1. The monoisotopic (exact) mass is 368 g/mol. The average molecular weight is 368 g/mol. The van der Waals surface area contributed by atoms with E-state index < -0.39 is 0 Å². The van der Waals surface area contributed by atoms with Gasteiger partial charge >= 0.3 is 0 Å². The fraction of sp³-hybridized carbons (Fsp3) is 0.381. The minimum absolute atomic E-state index is 0.0462. The van der Waals surface area contributed by atoms with Crippen molar-refractivity contribution in [3.63, 3.8) is 0 Å². The molecule has 0 atom stereocenters. The van der Waals surface area contributed by atoms with E-state index in [0.717, 1.165) is 48.9 Å². The van der Waals surface area contributed by atoms with Crippen LogP contribution in [0.5, 0.6) is 11.5 Å². The number of carbonyl (C=O) groups excluding carboxylic acids is 1. The van der Waals surface area contributed by atoms with Gasteiger partial charge in [-0.3, -0.25) is 4.79 Å². The Morgan fingerprint density at radius 2 is 1.70 bits per heavy atom.